The zero-order valence-electron chi connectivity index (χ0n) is 8.31. The third-order valence-corrected chi connectivity index (χ3v) is 5.42. The molecule has 2 saturated carbocycles. The highest BCUT2D eigenvalue weighted by atomic mass is 16.6. The quantitative estimate of drug-likeness (QED) is 0.504. The van der Waals surface area contributed by atoms with Crippen molar-refractivity contribution in [3.63, 3.8) is 0 Å². The Hall–Kier alpha value is -0.0400. The SMILES string of the molecule is CC1(C)[C@]2(C)CC[C@@H](C2)[C@@]12CO2. The van der Waals surface area contributed by atoms with E-state index in [0.29, 0.717) is 16.4 Å². The molecule has 2 bridgehead atoms. The van der Waals surface area contributed by atoms with Crippen LogP contribution in [0.2, 0.25) is 0 Å². The number of hydrogen-bond donors (Lipinski definition) is 0. The summed E-state index contributed by atoms with van der Waals surface area (Å²) in [6, 6.07) is 0. The lowest BCUT2D eigenvalue weighted by molar-refractivity contribution is 0.0212. The molecule has 1 spiro atoms. The molecular formula is C11H18O. The summed E-state index contributed by atoms with van der Waals surface area (Å²) >= 11 is 0. The molecule has 1 aliphatic heterocycles. The third kappa shape index (κ3) is 0.501. The van der Waals surface area contributed by atoms with Gasteiger partial charge in [-0.2, -0.15) is 0 Å². The summed E-state index contributed by atoms with van der Waals surface area (Å²) in [5, 5.41) is 0. The van der Waals surface area contributed by atoms with Crippen LogP contribution >= 0.6 is 0 Å². The van der Waals surface area contributed by atoms with Gasteiger partial charge in [0.1, 0.15) is 0 Å². The van der Waals surface area contributed by atoms with Crippen molar-refractivity contribution >= 4 is 0 Å². The normalized spacial score (nSPS) is 59.8. The van der Waals surface area contributed by atoms with Gasteiger partial charge in [0.15, 0.2) is 0 Å². The lowest BCUT2D eigenvalue weighted by Gasteiger charge is -2.43. The van der Waals surface area contributed by atoms with E-state index in [2.05, 4.69) is 20.8 Å². The Bertz CT molecular complexity index is 235. The Balaban J connectivity index is 2.11. The van der Waals surface area contributed by atoms with Gasteiger partial charge in [0, 0.05) is 5.41 Å². The first-order valence-corrected chi connectivity index (χ1v) is 5.16. The maximum atomic E-state index is 5.77. The molecule has 1 nitrogen and oxygen atoms in total. The Morgan fingerprint density at radius 2 is 1.92 bits per heavy atom. The average molecular weight is 166 g/mol. The molecule has 0 aromatic heterocycles. The minimum Gasteiger partial charge on any atom is -0.369 e. The van der Waals surface area contributed by atoms with Crippen LogP contribution in [0.3, 0.4) is 0 Å². The van der Waals surface area contributed by atoms with Gasteiger partial charge in [0.2, 0.25) is 0 Å². The monoisotopic (exact) mass is 166 g/mol. The van der Waals surface area contributed by atoms with Crippen molar-refractivity contribution in [1.82, 2.24) is 0 Å². The van der Waals surface area contributed by atoms with Crippen molar-refractivity contribution in [2.24, 2.45) is 16.7 Å². The topological polar surface area (TPSA) is 12.5 Å². The van der Waals surface area contributed by atoms with Crippen molar-refractivity contribution in [3.8, 4) is 0 Å². The molecule has 2 aliphatic carbocycles. The molecule has 0 N–H and O–H groups in total. The summed E-state index contributed by atoms with van der Waals surface area (Å²) in [5.41, 5.74) is 1.33. The molecule has 68 valence electrons. The van der Waals surface area contributed by atoms with Crippen LogP contribution in [0.5, 0.6) is 0 Å². The molecule has 0 radical (unpaired) electrons. The molecule has 3 aliphatic rings. The molecular weight excluding hydrogens is 148 g/mol. The number of epoxide rings is 1. The number of fused-ring (bicyclic) bond motifs is 3. The van der Waals surface area contributed by atoms with Crippen LogP contribution in [0.1, 0.15) is 40.0 Å². The van der Waals surface area contributed by atoms with Crippen LogP contribution in [-0.2, 0) is 4.74 Å². The summed E-state index contributed by atoms with van der Waals surface area (Å²) in [5.74, 6) is 0.887. The van der Waals surface area contributed by atoms with Crippen LogP contribution in [0.15, 0.2) is 0 Å². The summed E-state index contributed by atoms with van der Waals surface area (Å²) in [4.78, 5) is 0. The fourth-order valence-corrected chi connectivity index (χ4v) is 3.90. The van der Waals surface area contributed by atoms with Crippen LogP contribution in [-0.4, -0.2) is 12.2 Å². The first-order valence-electron chi connectivity index (χ1n) is 5.16. The van der Waals surface area contributed by atoms with E-state index in [0.717, 1.165) is 12.5 Å². The lowest BCUT2D eigenvalue weighted by Crippen LogP contribution is -2.43. The molecule has 0 aromatic rings. The van der Waals surface area contributed by atoms with Crippen LogP contribution in [0.25, 0.3) is 0 Å². The van der Waals surface area contributed by atoms with E-state index in [1.807, 2.05) is 0 Å². The molecule has 3 rings (SSSR count). The van der Waals surface area contributed by atoms with Crippen molar-refractivity contribution in [2.75, 3.05) is 6.61 Å². The molecule has 3 atom stereocenters. The molecule has 0 unspecified atom stereocenters. The second-order valence-corrected chi connectivity index (χ2v) is 5.80. The van der Waals surface area contributed by atoms with Gasteiger partial charge >= 0.3 is 0 Å². The van der Waals surface area contributed by atoms with E-state index in [1.165, 1.54) is 19.3 Å². The van der Waals surface area contributed by atoms with Gasteiger partial charge in [-0.05, 0) is 30.6 Å². The summed E-state index contributed by atoms with van der Waals surface area (Å²) in [6.07, 6.45) is 4.26. The van der Waals surface area contributed by atoms with E-state index in [4.69, 9.17) is 4.74 Å². The van der Waals surface area contributed by atoms with E-state index in [1.54, 1.807) is 0 Å². The highest BCUT2D eigenvalue weighted by Crippen LogP contribution is 2.73. The summed E-state index contributed by atoms with van der Waals surface area (Å²) in [6.45, 7) is 8.34. The predicted molar refractivity (Wildman–Crippen MR) is 47.9 cm³/mol. The second-order valence-electron chi connectivity index (χ2n) is 5.80. The first kappa shape index (κ1) is 7.37. The first-order chi connectivity index (χ1) is 5.52. The highest BCUT2D eigenvalue weighted by Gasteiger charge is 2.74. The number of rotatable bonds is 0. The zero-order valence-corrected chi connectivity index (χ0v) is 8.31. The van der Waals surface area contributed by atoms with Crippen LogP contribution in [0.4, 0.5) is 0 Å². The third-order valence-electron chi connectivity index (χ3n) is 5.42. The molecule has 3 fully saturated rings. The van der Waals surface area contributed by atoms with E-state index in [-0.39, 0.29) is 0 Å². The van der Waals surface area contributed by atoms with Crippen LogP contribution in [0, 0.1) is 16.7 Å². The van der Waals surface area contributed by atoms with Crippen molar-refractivity contribution < 1.29 is 4.74 Å². The van der Waals surface area contributed by atoms with Gasteiger partial charge in [-0.1, -0.05) is 20.8 Å². The largest absolute Gasteiger partial charge is 0.369 e. The maximum absolute atomic E-state index is 5.77. The fraction of sp³-hybridized carbons (Fsp3) is 1.00. The summed E-state index contributed by atoms with van der Waals surface area (Å²) < 4.78 is 5.77. The summed E-state index contributed by atoms with van der Waals surface area (Å²) in [7, 11) is 0. The van der Waals surface area contributed by atoms with E-state index >= 15 is 0 Å². The Labute approximate surface area is 74.5 Å². The van der Waals surface area contributed by atoms with E-state index < -0.39 is 0 Å². The van der Waals surface area contributed by atoms with Gasteiger partial charge in [0.25, 0.3) is 0 Å². The van der Waals surface area contributed by atoms with Gasteiger partial charge in [-0.25, -0.2) is 0 Å². The highest BCUT2D eigenvalue weighted by molar-refractivity contribution is 5.23. The van der Waals surface area contributed by atoms with E-state index in [9.17, 15) is 0 Å². The molecule has 1 saturated heterocycles. The van der Waals surface area contributed by atoms with Gasteiger partial charge in [0.05, 0.1) is 12.2 Å². The molecule has 1 heteroatoms. The van der Waals surface area contributed by atoms with Gasteiger partial charge < -0.3 is 4.74 Å². The van der Waals surface area contributed by atoms with Crippen molar-refractivity contribution in [3.05, 3.63) is 0 Å². The Morgan fingerprint density at radius 1 is 1.25 bits per heavy atom. The smallest absolute Gasteiger partial charge is 0.1000 e. The molecule has 12 heavy (non-hydrogen) atoms. The standard InChI is InChI=1S/C11H18O/c1-9(2)10(3)5-4-8(6-10)11(9)7-12-11/h8H,4-7H2,1-3H3/t8-,10+,11-/m0/s1. The maximum Gasteiger partial charge on any atom is 0.1000 e. The average Bonchev–Trinajstić information content (AvgIpc) is 2.67. The zero-order chi connectivity index (χ0) is 8.61. The lowest BCUT2D eigenvalue weighted by atomic mass is 9.61. The Morgan fingerprint density at radius 3 is 2.25 bits per heavy atom. The second kappa shape index (κ2) is 1.61. The minimum absolute atomic E-state index is 0.319. The van der Waals surface area contributed by atoms with Crippen LogP contribution < -0.4 is 0 Å². The minimum atomic E-state index is 0.319. The molecule has 1 heterocycles. The molecule has 0 aromatic carbocycles. The van der Waals surface area contributed by atoms with Gasteiger partial charge in [-0.15, -0.1) is 0 Å². The number of ether oxygens (including phenoxy) is 1. The number of hydrogen-bond acceptors (Lipinski definition) is 1. The van der Waals surface area contributed by atoms with Gasteiger partial charge in [-0.3, -0.25) is 0 Å². The fourth-order valence-electron chi connectivity index (χ4n) is 3.90. The van der Waals surface area contributed by atoms with Crippen molar-refractivity contribution in [1.29, 1.82) is 0 Å². The predicted octanol–water partition coefficient (Wildman–Crippen LogP) is 2.60. The molecule has 0 amide bonds. The van der Waals surface area contributed by atoms with Crippen molar-refractivity contribution in [2.45, 2.75) is 45.6 Å². The Kier molecular flexibility index (Phi) is 0.991.